The first-order valence-corrected chi connectivity index (χ1v) is 4.68. The number of amides is 1. The molecule has 0 heterocycles. The van der Waals surface area contributed by atoms with Gasteiger partial charge in [-0.25, -0.2) is 0 Å². The Morgan fingerprint density at radius 2 is 2.00 bits per heavy atom. The zero-order valence-corrected chi connectivity index (χ0v) is 8.93. The number of allylic oxidation sites excluding steroid dienone is 1. The van der Waals surface area contributed by atoms with E-state index in [1.807, 2.05) is 37.3 Å². The average molecular weight is 210 g/mol. The first kappa shape index (κ1) is 10.8. The van der Waals surface area contributed by atoms with Crippen LogP contribution >= 0.6 is 11.6 Å². The first-order valence-electron chi connectivity index (χ1n) is 4.30. The molecule has 1 rings (SSSR count). The summed E-state index contributed by atoms with van der Waals surface area (Å²) in [4.78, 5) is 10.7. The summed E-state index contributed by atoms with van der Waals surface area (Å²) < 4.78 is 0. The summed E-state index contributed by atoms with van der Waals surface area (Å²) in [5, 5.41) is 3.36. The molecule has 1 N–H and O–H groups in total. The number of halogens is 1. The van der Waals surface area contributed by atoms with Gasteiger partial charge in [0.1, 0.15) is 0 Å². The molecule has 0 saturated heterocycles. The average Bonchev–Trinajstić information content (AvgIpc) is 2.07. The van der Waals surface area contributed by atoms with Crippen LogP contribution in [-0.2, 0) is 4.79 Å². The molecular formula is C11H12ClNO. The van der Waals surface area contributed by atoms with Crippen LogP contribution in [-0.4, -0.2) is 5.91 Å². The van der Waals surface area contributed by atoms with Crippen molar-refractivity contribution < 1.29 is 4.79 Å². The number of carbonyl (C=O) groups excluding carboxylic acids is 1. The molecule has 0 aliphatic rings. The number of hydrogen-bond acceptors (Lipinski definition) is 1. The predicted molar refractivity (Wildman–Crippen MR) is 58.9 cm³/mol. The highest BCUT2D eigenvalue weighted by Crippen LogP contribution is 2.17. The quantitative estimate of drug-likeness (QED) is 0.798. The van der Waals surface area contributed by atoms with Gasteiger partial charge in [0, 0.05) is 17.6 Å². The molecule has 2 nitrogen and oxygen atoms in total. The van der Waals surface area contributed by atoms with Crippen LogP contribution in [0.3, 0.4) is 0 Å². The van der Waals surface area contributed by atoms with Crippen molar-refractivity contribution in [3.8, 4) is 0 Å². The zero-order chi connectivity index (χ0) is 10.6. The zero-order valence-electron chi connectivity index (χ0n) is 8.17. The number of rotatable bonds is 2. The third kappa shape index (κ3) is 3.23. The molecule has 0 fully saturated rings. The van der Waals surface area contributed by atoms with E-state index in [0.717, 1.165) is 11.3 Å². The van der Waals surface area contributed by atoms with Crippen LogP contribution in [0.1, 0.15) is 19.4 Å². The third-order valence-electron chi connectivity index (χ3n) is 1.65. The monoisotopic (exact) mass is 209 g/mol. The standard InChI is InChI=1S/C11H12ClNO/c1-8(13-9(2)14)7-10-5-3-4-6-11(10)12/h3-7H,1-2H3,(H,13,14)/b8-7-. The molecular weight excluding hydrogens is 198 g/mol. The van der Waals surface area contributed by atoms with E-state index in [2.05, 4.69) is 5.32 Å². The summed E-state index contributed by atoms with van der Waals surface area (Å²) in [7, 11) is 0. The molecule has 74 valence electrons. The van der Waals surface area contributed by atoms with Crippen LogP contribution in [0.5, 0.6) is 0 Å². The van der Waals surface area contributed by atoms with Crippen LogP contribution < -0.4 is 5.32 Å². The van der Waals surface area contributed by atoms with Gasteiger partial charge in [0.15, 0.2) is 0 Å². The van der Waals surface area contributed by atoms with Crippen molar-refractivity contribution in [2.75, 3.05) is 0 Å². The minimum Gasteiger partial charge on any atom is -0.330 e. The largest absolute Gasteiger partial charge is 0.330 e. The van der Waals surface area contributed by atoms with Gasteiger partial charge in [-0.05, 0) is 24.6 Å². The molecule has 0 aliphatic heterocycles. The minimum absolute atomic E-state index is 0.0780. The van der Waals surface area contributed by atoms with Crippen molar-refractivity contribution in [2.45, 2.75) is 13.8 Å². The molecule has 1 aromatic rings. The number of carbonyl (C=O) groups is 1. The molecule has 0 unspecified atom stereocenters. The molecule has 0 spiro atoms. The summed E-state index contributed by atoms with van der Waals surface area (Å²) in [6.45, 7) is 3.30. The van der Waals surface area contributed by atoms with Crippen LogP contribution in [0.15, 0.2) is 30.0 Å². The molecule has 14 heavy (non-hydrogen) atoms. The van der Waals surface area contributed by atoms with Crippen molar-refractivity contribution in [1.29, 1.82) is 0 Å². The second-order valence-corrected chi connectivity index (χ2v) is 3.44. The van der Waals surface area contributed by atoms with Gasteiger partial charge < -0.3 is 5.32 Å². The van der Waals surface area contributed by atoms with Crippen LogP contribution in [0.2, 0.25) is 5.02 Å². The Kier molecular flexibility index (Phi) is 3.72. The first-order chi connectivity index (χ1) is 6.59. The van der Waals surface area contributed by atoms with Gasteiger partial charge in [0.2, 0.25) is 5.91 Å². The smallest absolute Gasteiger partial charge is 0.220 e. The van der Waals surface area contributed by atoms with Crippen molar-refractivity contribution in [3.63, 3.8) is 0 Å². The lowest BCUT2D eigenvalue weighted by molar-refractivity contribution is -0.118. The van der Waals surface area contributed by atoms with E-state index in [-0.39, 0.29) is 5.91 Å². The lowest BCUT2D eigenvalue weighted by atomic mass is 10.2. The molecule has 0 saturated carbocycles. The fraction of sp³-hybridized carbons (Fsp3) is 0.182. The van der Waals surface area contributed by atoms with Gasteiger partial charge in [-0.1, -0.05) is 29.8 Å². The summed E-state index contributed by atoms with van der Waals surface area (Å²) >= 11 is 5.95. The Labute approximate surface area is 88.6 Å². The van der Waals surface area contributed by atoms with Gasteiger partial charge in [-0.2, -0.15) is 0 Å². The number of hydrogen-bond donors (Lipinski definition) is 1. The van der Waals surface area contributed by atoms with E-state index in [9.17, 15) is 4.79 Å². The van der Waals surface area contributed by atoms with Gasteiger partial charge >= 0.3 is 0 Å². The molecule has 0 atom stereocenters. The van der Waals surface area contributed by atoms with Crippen LogP contribution in [0.25, 0.3) is 6.08 Å². The van der Waals surface area contributed by atoms with E-state index in [1.165, 1.54) is 6.92 Å². The van der Waals surface area contributed by atoms with Crippen molar-refractivity contribution in [3.05, 3.63) is 40.5 Å². The lowest BCUT2D eigenvalue weighted by Gasteiger charge is -2.02. The summed E-state index contributed by atoms with van der Waals surface area (Å²) in [5.74, 6) is -0.0780. The van der Waals surface area contributed by atoms with E-state index in [4.69, 9.17) is 11.6 Å². The maximum absolute atomic E-state index is 10.7. The number of nitrogens with one attached hydrogen (secondary N) is 1. The molecule has 0 bridgehead atoms. The highest BCUT2D eigenvalue weighted by molar-refractivity contribution is 6.32. The van der Waals surface area contributed by atoms with Crippen molar-refractivity contribution in [1.82, 2.24) is 5.32 Å². The normalized spacial score (nSPS) is 11.2. The summed E-state index contributed by atoms with van der Waals surface area (Å²) in [5.41, 5.74) is 1.69. The van der Waals surface area contributed by atoms with Gasteiger partial charge in [-0.3, -0.25) is 4.79 Å². The molecule has 0 radical (unpaired) electrons. The predicted octanol–water partition coefficient (Wildman–Crippen LogP) is 2.84. The van der Waals surface area contributed by atoms with Crippen molar-refractivity contribution >= 4 is 23.6 Å². The molecule has 0 aromatic heterocycles. The Morgan fingerprint density at radius 3 is 2.57 bits per heavy atom. The van der Waals surface area contributed by atoms with Gasteiger partial charge in [0.05, 0.1) is 0 Å². The van der Waals surface area contributed by atoms with Crippen LogP contribution in [0, 0.1) is 0 Å². The van der Waals surface area contributed by atoms with Gasteiger partial charge in [-0.15, -0.1) is 0 Å². The highest BCUT2D eigenvalue weighted by atomic mass is 35.5. The third-order valence-corrected chi connectivity index (χ3v) is 1.99. The number of benzene rings is 1. The molecule has 1 amide bonds. The fourth-order valence-electron chi connectivity index (χ4n) is 1.14. The SMILES string of the molecule is CC(=O)N/C(C)=C\c1ccccc1Cl. The lowest BCUT2D eigenvalue weighted by Crippen LogP contribution is -2.16. The Morgan fingerprint density at radius 1 is 1.36 bits per heavy atom. The Balaban J connectivity index is 2.86. The minimum atomic E-state index is -0.0780. The maximum atomic E-state index is 10.7. The van der Waals surface area contributed by atoms with E-state index >= 15 is 0 Å². The fourth-order valence-corrected chi connectivity index (χ4v) is 1.33. The summed E-state index contributed by atoms with van der Waals surface area (Å²) in [6.07, 6.45) is 1.84. The second kappa shape index (κ2) is 4.82. The maximum Gasteiger partial charge on any atom is 0.220 e. The highest BCUT2D eigenvalue weighted by Gasteiger charge is 1.97. The summed E-state index contributed by atoms with van der Waals surface area (Å²) in [6, 6.07) is 7.48. The topological polar surface area (TPSA) is 29.1 Å². The van der Waals surface area contributed by atoms with E-state index < -0.39 is 0 Å². The molecule has 0 aliphatic carbocycles. The van der Waals surface area contributed by atoms with Gasteiger partial charge in [0.25, 0.3) is 0 Å². The Bertz CT molecular complexity index is 371. The Hall–Kier alpha value is -1.28. The second-order valence-electron chi connectivity index (χ2n) is 3.03. The van der Waals surface area contributed by atoms with E-state index in [0.29, 0.717) is 5.02 Å². The van der Waals surface area contributed by atoms with Crippen molar-refractivity contribution in [2.24, 2.45) is 0 Å². The molecule has 1 aromatic carbocycles. The molecule has 3 heteroatoms. The van der Waals surface area contributed by atoms with E-state index in [1.54, 1.807) is 0 Å². The van der Waals surface area contributed by atoms with Crippen LogP contribution in [0.4, 0.5) is 0 Å².